The molecule has 25 heavy (non-hydrogen) atoms. The van der Waals surface area contributed by atoms with Crippen molar-refractivity contribution in [3.63, 3.8) is 0 Å². The lowest BCUT2D eigenvalue weighted by Crippen LogP contribution is -2.65. The smallest absolute Gasteiger partial charge is 0.353 e. The number of rotatable bonds is 4. The van der Waals surface area contributed by atoms with Crippen LogP contribution in [-0.4, -0.2) is 60.7 Å². The molecule has 0 aromatic carbocycles. The summed E-state index contributed by atoms with van der Waals surface area (Å²) in [4.78, 5) is -0.922. The monoisotopic (exact) mass is 395 g/mol. The fourth-order valence-corrected chi connectivity index (χ4v) is 2.06. The van der Waals surface area contributed by atoms with E-state index in [4.69, 9.17) is 0 Å². The van der Waals surface area contributed by atoms with Crippen LogP contribution in [0.1, 0.15) is 6.92 Å². The molecule has 0 N–H and O–H groups in total. The van der Waals surface area contributed by atoms with Crippen molar-refractivity contribution in [1.29, 1.82) is 0 Å². The molecule has 0 aromatic rings. The zero-order chi connectivity index (χ0) is 19.8. The van der Waals surface area contributed by atoms with Gasteiger partial charge >= 0.3 is 24.3 Å². The van der Waals surface area contributed by atoms with E-state index in [1.807, 2.05) is 0 Å². The number of halogens is 11. The fourth-order valence-electron chi connectivity index (χ4n) is 2.06. The molecule has 0 radical (unpaired) electrons. The van der Waals surface area contributed by atoms with Gasteiger partial charge in [0, 0.05) is 13.1 Å². The molecule has 0 aliphatic carbocycles. The van der Waals surface area contributed by atoms with E-state index in [0.717, 1.165) is 6.92 Å². The van der Waals surface area contributed by atoms with Crippen molar-refractivity contribution in [2.75, 3.05) is 13.1 Å². The Bertz CT molecular complexity index is 462. The fraction of sp³-hybridized carbons (Fsp3) is 0.833. The standard InChI is InChI=1S/C12H12F11NO/c1-2-3-9(14,15)8(13)12(22,23)24-4-6(10(16,17)18)25-7(5-24)11(19,20)21/h2-3,6-8H,4-5H2,1H3/b3-2-. The number of hydrogen-bond acceptors (Lipinski definition) is 2. The zero-order valence-corrected chi connectivity index (χ0v) is 12.3. The molecule has 1 rings (SSSR count). The Kier molecular flexibility index (Phi) is 6.05. The van der Waals surface area contributed by atoms with E-state index < -0.39 is 60.7 Å². The minimum atomic E-state index is -5.49. The van der Waals surface area contributed by atoms with Crippen LogP contribution in [0.2, 0.25) is 0 Å². The molecule has 0 bridgehead atoms. The molecule has 1 aliphatic rings. The summed E-state index contributed by atoms with van der Waals surface area (Å²) in [5.74, 6) is -4.81. The SMILES string of the molecule is C/C=C\C(F)(F)C(F)C(F)(F)N1CC(C(F)(F)F)OC(C(F)(F)F)C1. The molecule has 148 valence electrons. The van der Waals surface area contributed by atoms with Gasteiger partial charge in [-0.05, 0) is 13.0 Å². The van der Waals surface area contributed by atoms with E-state index in [1.165, 1.54) is 0 Å². The molecule has 3 unspecified atom stereocenters. The normalized spacial score (nSPS) is 26.2. The molecule has 0 aromatic heterocycles. The number of morpholine rings is 1. The number of hydrogen-bond donors (Lipinski definition) is 0. The summed E-state index contributed by atoms with van der Waals surface area (Å²) in [6, 6.07) is -5.31. The predicted octanol–water partition coefficient (Wildman–Crippen LogP) is 4.32. The van der Waals surface area contributed by atoms with Gasteiger partial charge in [-0.1, -0.05) is 6.08 Å². The summed E-state index contributed by atoms with van der Waals surface area (Å²) in [5, 5.41) is 0. The van der Waals surface area contributed by atoms with E-state index in [-0.39, 0.29) is 6.08 Å². The minimum Gasteiger partial charge on any atom is -0.353 e. The largest absolute Gasteiger partial charge is 0.415 e. The first-order valence-electron chi connectivity index (χ1n) is 6.61. The average Bonchev–Trinajstić information content (AvgIpc) is 2.44. The summed E-state index contributed by atoms with van der Waals surface area (Å²) in [5.41, 5.74) is 0. The van der Waals surface area contributed by atoms with Crippen molar-refractivity contribution >= 4 is 0 Å². The molecule has 1 saturated heterocycles. The van der Waals surface area contributed by atoms with Crippen molar-refractivity contribution in [2.24, 2.45) is 0 Å². The first kappa shape index (κ1) is 21.9. The summed E-state index contributed by atoms with van der Waals surface area (Å²) in [6.07, 6.45) is -21.8. The second-order valence-electron chi connectivity index (χ2n) is 5.23. The Morgan fingerprint density at radius 1 is 0.880 bits per heavy atom. The van der Waals surface area contributed by atoms with Gasteiger partial charge in [0.2, 0.25) is 6.17 Å². The van der Waals surface area contributed by atoms with Crippen LogP contribution in [0.5, 0.6) is 0 Å². The molecule has 0 spiro atoms. The van der Waals surface area contributed by atoms with Gasteiger partial charge in [-0.2, -0.15) is 43.9 Å². The zero-order valence-electron chi connectivity index (χ0n) is 12.3. The molecule has 0 saturated carbocycles. The predicted molar refractivity (Wildman–Crippen MR) is 61.9 cm³/mol. The summed E-state index contributed by atoms with van der Waals surface area (Å²) in [7, 11) is 0. The number of nitrogens with zero attached hydrogens (tertiary/aromatic N) is 1. The van der Waals surface area contributed by atoms with Crippen molar-refractivity contribution in [3.8, 4) is 0 Å². The Hall–Kier alpha value is -1.11. The van der Waals surface area contributed by atoms with E-state index >= 15 is 0 Å². The number of alkyl halides is 11. The van der Waals surface area contributed by atoms with Crippen LogP contribution in [0.25, 0.3) is 0 Å². The third-order valence-corrected chi connectivity index (χ3v) is 3.28. The molecular formula is C12H12F11NO. The quantitative estimate of drug-likeness (QED) is 0.399. The third kappa shape index (κ3) is 4.96. The van der Waals surface area contributed by atoms with Gasteiger partial charge in [0.15, 0.2) is 12.2 Å². The van der Waals surface area contributed by atoms with Crippen LogP contribution < -0.4 is 0 Å². The van der Waals surface area contributed by atoms with Crippen molar-refractivity contribution in [3.05, 3.63) is 12.2 Å². The van der Waals surface area contributed by atoms with E-state index in [2.05, 4.69) is 4.74 Å². The highest BCUT2D eigenvalue weighted by Crippen LogP contribution is 2.42. The van der Waals surface area contributed by atoms with Crippen LogP contribution >= 0.6 is 0 Å². The average molecular weight is 395 g/mol. The molecule has 0 amide bonds. The molecule has 1 fully saturated rings. The van der Waals surface area contributed by atoms with Gasteiger partial charge in [-0.3, -0.25) is 0 Å². The maximum atomic E-state index is 13.9. The molecular weight excluding hydrogens is 383 g/mol. The van der Waals surface area contributed by atoms with Gasteiger partial charge in [-0.25, -0.2) is 9.29 Å². The van der Waals surface area contributed by atoms with Crippen molar-refractivity contribution in [1.82, 2.24) is 4.90 Å². The second-order valence-corrected chi connectivity index (χ2v) is 5.23. The number of allylic oxidation sites excluding steroid dienone is 2. The van der Waals surface area contributed by atoms with Gasteiger partial charge in [0.1, 0.15) is 0 Å². The first-order valence-corrected chi connectivity index (χ1v) is 6.61. The van der Waals surface area contributed by atoms with Crippen LogP contribution in [0.3, 0.4) is 0 Å². The van der Waals surface area contributed by atoms with Gasteiger partial charge in [0.25, 0.3) is 0 Å². The Labute approximate surface area is 134 Å². The van der Waals surface area contributed by atoms with Gasteiger partial charge in [0.05, 0.1) is 0 Å². The van der Waals surface area contributed by atoms with Crippen molar-refractivity contribution < 1.29 is 53.0 Å². The van der Waals surface area contributed by atoms with E-state index in [9.17, 15) is 48.3 Å². The topological polar surface area (TPSA) is 12.5 Å². The Morgan fingerprint density at radius 3 is 1.60 bits per heavy atom. The first-order chi connectivity index (χ1) is 11.0. The third-order valence-electron chi connectivity index (χ3n) is 3.28. The highest BCUT2D eigenvalue weighted by Gasteiger charge is 2.62. The van der Waals surface area contributed by atoms with Gasteiger partial charge in [-0.15, -0.1) is 0 Å². The second kappa shape index (κ2) is 6.89. The Balaban J connectivity index is 3.18. The molecule has 13 heteroatoms. The number of ether oxygens (including phenoxy) is 1. The van der Waals surface area contributed by atoms with E-state index in [1.54, 1.807) is 0 Å². The summed E-state index contributed by atoms with van der Waals surface area (Å²) >= 11 is 0. The minimum absolute atomic E-state index is 0.269. The summed E-state index contributed by atoms with van der Waals surface area (Å²) in [6.45, 7) is -2.93. The van der Waals surface area contributed by atoms with Crippen LogP contribution in [0, 0.1) is 0 Å². The lowest BCUT2D eigenvalue weighted by molar-refractivity contribution is -0.337. The lowest BCUT2D eigenvalue weighted by atomic mass is 10.1. The highest BCUT2D eigenvalue weighted by atomic mass is 19.4. The molecule has 1 aliphatic heterocycles. The summed E-state index contributed by atoms with van der Waals surface area (Å²) < 4.78 is 147. The van der Waals surface area contributed by atoms with E-state index in [0.29, 0.717) is 6.08 Å². The molecule has 1 heterocycles. The van der Waals surface area contributed by atoms with Crippen LogP contribution in [-0.2, 0) is 4.74 Å². The highest BCUT2D eigenvalue weighted by molar-refractivity contribution is 5.03. The maximum Gasteiger partial charge on any atom is 0.415 e. The van der Waals surface area contributed by atoms with Crippen LogP contribution in [0.4, 0.5) is 48.3 Å². The lowest BCUT2D eigenvalue weighted by Gasteiger charge is -2.43. The van der Waals surface area contributed by atoms with Gasteiger partial charge < -0.3 is 4.74 Å². The van der Waals surface area contributed by atoms with Crippen molar-refractivity contribution in [2.45, 2.75) is 49.6 Å². The Morgan fingerprint density at radius 2 is 1.28 bits per heavy atom. The molecule has 2 nitrogen and oxygen atoms in total. The van der Waals surface area contributed by atoms with Crippen LogP contribution in [0.15, 0.2) is 12.2 Å². The molecule has 3 atom stereocenters. The maximum absolute atomic E-state index is 13.9.